The summed E-state index contributed by atoms with van der Waals surface area (Å²) in [6, 6.07) is 16.0. The molecule has 3 rings (SSSR count). The molecule has 0 radical (unpaired) electrons. The Morgan fingerprint density at radius 2 is 1.41 bits per heavy atom. The molecule has 0 saturated carbocycles. The fourth-order valence-corrected chi connectivity index (χ4v) is 2.37. The van der Waals surface area contributed by atoms with Crippen molar-refractivity contribution in [1.82, 2.24) is 4.98 Å². The lowest BCUT2D eigenvalue weighted by Gasteiger charge is -2.09. The minimum atomic E-state index is -0.397. The van der Waals surface area contributed by atoms with E-state index in [1.807, 2.05) is 12.1 Å². The van der Waals surface area contributed by atoms with Crippen LogP contribution in [0.1, 0.15) is 17.4 Å². The molecule has 0 aliphatic heterocycles. The lowest BCUT2D eigenvalue weighted by atomic mass is 10.2. The minimum absolute atomic E-state index is 0.137. The molecule has 1 aromatic heterocycles. The van der Waals surface area contributed by atoms with Gasteiger partial charge < -0.3 is 16.0 Å². The van der Waals surface area contributed by atoms with E-state index in [4.69, 9.17) is 0 Å². The summed E-state index contributed by atoms with van der Waals surface area (Å²) in [5.41, 5.74) is 2.87. The number of halogens is 1. The van der Waals surface area contributed by atoms with Gasteiger partial charge in [0.25, 0.3) is 5.91 Å². The first-order valence-corrected chi connectivity index (χ1v) is 8.17. The largest absolute Gasteiger partial charge is 0.355 e. The van der Waals surface area contributed by atoms with Crippen molar-refractivity contribution in [3.8, 4) is 0 Å². The monoisotopic (exact) mass is 364 g/mol. The van der Waals surface area contributed by atoms with E-state index in [-0.39, 0.29) is 17.4 Å². The number of carbonyl (C=O) groups is 2. The van der Waals surface area contributed by atoms with E-state index < -0.39 is 5.91 Å². The van der Waals surface area contributed by atoms with Crippen LogP contribution in [-0.2, 0) is 4.79 Å². The topological polar surface area (TPSA) is 83.1 Å². The van der Waals surface area contributed by atoms with Gasteiger partial charge in [-0.25, -0.2) is 4.39 Å². The van der Waals surface area contributed by atoms with Crippen molar-refractivity contribution in [3.63, 3.8) is 0 Å². The summed E-state index contributed by atoms with van der Waals surface area (Å²) in [4.78, 5) is 27.4. The normalized spacial score (nSPS) is 10.1. The number of pyridine rings is 1. The zero-order valence-electron chi connectivity index (χ0n) is 14.5. The van der Waals surface area contributed by atoms with Gasteiger partial charge in [0.05, 0.1) is 0 Å². The van der Waals surface area contributed by atoms with Crippen molar-refractivity contribution in [2.75, 3.05) is 16.0 Å². The fourth-order valence-electron chi connectivity index (χ4n) is 2.37. The van der Waals surface area contributed by atoms with E-state index in [0.29, 0.717) is 17.1 Å². The Hall–Kier alpha value is -3.74. The lowest BCUT2D eigenvalue weighted by Crippen LogP contribution is -2.13. The number of anilines is 4. The van der Waals surface area contributed by atoms with Gasteiger partial charge in [0, 0.05) is 35.9 Å². The summed E-state index contributed by atoms with van der Waals surface area (Å²) in [5.74, 6) is -0.908. The van der Waals surface area contributed by atoms with Gasteiger partial charge in [-0.3, -0.25) is 14.6 Å². The van der Waals surface area contributed by atoms with Crippen molar-refractivity contribution in [3.05, 3.63) is 78.4 Å². The molecule has 0 fully saturated rings. The molecule has 2 aromatic carbocycles. The van der Waals surface area contributed by atoms with Crippen LogP contribution in [0.4, 0.5) is 27.1 Å². The van der Waals surface area contributed by atoms with E-state index >= 15 is 0 Å². The maximum Gasteiger partial charge on any atom is 0.274 e. The van der Waals surface area contributed by atoms with Crippen molar-refractivity contribution in [2.24, 2.45) is 0 Å². The van der Waals surface area contributed by atoms with E-state index in [2.05, 4.69) is 20.9 Å². The highest BCUT2D eigenvalue weighted by molar-refractivity contribution is 6.03. The third kappa shape index (κ3) is 5.12. The summed E-state index contributed by atoms with van der Waals surface area (Å²) in [5, 5.41) is 8.53. The molecule has 1 heterocycles. The van der Waals surface area contributed by atoms with Crippen LogP contribution in [0.5, 0.6) is 0 Å². The van der Waals surface area contributed by atoms with Crippen molar-refractivity contribution >= 4 is 34.6 Å². The quantitative estimate of drug-likeness (QED) is 0.634. The number of carbonyl (C=O) groups excluding carboxylic acids is 2. The highest BCUT2D eigenvalue weighted by atomic mass is 19.1. The Labute approximate surface area is 155 Å². The summed E-state index contributed by atoms with van der Waals surface area (Å²) in [6.07, 6.45) is 1.52. The molecule has 0 saturated heterocycles. The Balaban J connectivity index is 1.68. The number of nitrogens with zero attached hydrogens (tertiary/aromatic N) is 1. The van der Waals surface area contributed by atoms with Crippen LogP contribution in [0.15, 0.2) is 66.9 Å². The first-order chi connectivity index (χ1) is 13.0. The predicted octanol–water partition coefficient (Wildman–Crippen LogP) is 4.18. The summed E-state index contributed by atoms with van der Waals surface area (Å²) in [7, 11) is 0. The Bertz CT molecular complexity index is 956. The highest BCUT2D eigenvalue weighted by Crippen LogP contribution is 2.19. The van der Waals surface area contributed by atoms with Crippen molar-refractivity contribution < 1.29 is 14.0 Å². The molecule has 0 aliphatic rings. The Kier molecular flexibility index (Phi) is 5.41. The second-order valence-corrected chi connectivity index (χ2v) is 5.77. The molecule has 0 aliphatic carbocycles. The fraction of sp³-hybridized carbons (Fsp3) is 0.0500. The Morgan fingerprint density at radius 3 is 2.07 bits per heavy atom. The molecule has 27 heavy (non-hydrogen) atoms. The van der Waals surface area contributed by atoms with Gasteiger partial charge in [0.2, 0.25) is 5.91 Å². The van der Waals surface area contributed by atoms with E-state index in [9.17, 15) is 14.0 Å². The van der Waals surface area contributed by atoms with E-state index in [1.165, 1.54) is 37.4 Å². The molecule has 3 N–H and O–H groups in total. The number of aromatic nitrogens is 1. The zero-order valence-corrected chi connectivity index (χ0v) is 14.5. The molecule has 0 bridgehead atoms. The molecule has 3 aromatic rings. The van der Waals surface area contributed by atoms with Crippen LogP contribution in [0.3, 0.4) is 0 Å². The smallest absolute Gasteiger partial charge is 0.274 e. The summed E-state index contributed by atoms with van der Waals surface area (Å²) >= 11 is 0. The number of hydrogen-bond donors (Lipinski definition) is 3. The van der Waals surface area contributed by atoms with Crippen LogP contribution in [0.2, 0.25) is 0 Å². The third-order valence-corrected chi connectivity index (χ3v) is 3.59. The molecule has 136 valence electrons. The second kappa shape index (κ2) is 8.09. The number of amides is 2. The summed E-state index contributed by atoms with van der Waals surface area (Å²) < 4.78 is 12.9. The standard InChI is InChI=1S/C20H17FN4O2/c1-13(26)23-15-6-8-16(9-7-15)24-18-10-11-22-19(12-18)20(27)25-17-4-2-14(21)3-5-17/h2-12H,1H3,(H,22,24)(H,23,26)(H,25,27). The summed E-state index contributed by atoms with van der Waals surface area (Å²) in [6.45, 7) is 1.45. The zero-order chi connectivity index (χ0) is 19.2. The first-order valence-electron chi connectivity index (χ1n) is 8.17. The van der Waals surface area contributed by atoms with Gasteiger partial charge in [0.15, 0.2) is 0 Å². The first kappa shape index (κ1) is 18.1. The van der Waals surface area contributed by atoms with Crippen molar-refractivity contribution in [2.45, 2.75) is 6.92 Å². The highest BCUT2D eigenvalue weighted by Gasteiger charge is 2.09. The van der Waals surface area contributed by atoms with Crippen molar-refractivity contribution in [1.29, 1.82) is 0 Å². The molecule has 2 amide bonds. The lowest BCUT2D eigenvalue weighted by molar-refractivity contribution is -0.114. The molecule has 0 spiro atoms. The molecule has 0 atom stereocenters. The average Bonchev–Trinajstić information content (AvgIpc) is 2.65. The number of hydrogen-bond acceptors (Lipinski definition) is 4. The minimum Gasteiger partial charge on any atom is -0.355 e. The molecular weight excluding hydrogens is 347 g/mol. The van der Waals surface area contributed by atoms with Crippen LogP contribution in [0, 0.1) is 5.82 Å². The van der Waals surface area contributed by atoms with Crippen LogP contribution >= 0.6 is 0 Å². The van der Waals surface area contributed by atoms with Crippen LogP contribution < -0.4 is 16.0 Å². The number of nitrogens with one attached hydrogen (secondary N) is 3. The van der Waals surface area contributed by atoms with E-state index in [0.717, 1.165) is 5.69 Å². The number of rotatable bonds is 5. The van der Waals surface area contributed by atoms with Gasteiger partial charge >= 0.3 is 0 Å². The van der Waals surface area contributed by atoms with Gasteiger partial charge in [0.1, 0.15) is 11.5 Å². The van der Waals surface area contributed by atoms with Gasteiger partial charge in [-0.15, -0.1) is 0 Å². The van der Waals surface area contributed by atoms with Gasteiger partial charge in [-0.1, -0.05) is 0 Å². The van der Waals surface area contributed by atoms with E-state index in [1.54, 1.807) is 24.3 Å². The molecule has 0 unspecified atom stereocenters. The van der Waals surface area contributed by atoms with Gasteiger partial charge in [-0.05, 0) is 60.7 Å². The maximum absolute atomic E-state index is 12.9. The number of benzene rings is 2. The van der Waals surface area contributed by atoms with Crippen LogP contribution in [-0.4, -0.2) is 16.8 Å². The second-order valence-electron chi connectivity index (χ2n) is 5.77. The molecule has 7 heteroatoms. The average molecular weight is 364 g/mol. The third-order valence-electron chi connectivity index (χ3n) is 3.59. The van der Waals surface area contributed by atoms with Gasteiger partial charge in [-0.2, -0.15) is 0 Å². The van der Waals surface area contributed by atoms with Crippen LogP contribution in [0.25, 0.3) is 0 Å². The Morgan fingerprint density at radius 1 is 0.815 bits per heavy atom. The SMILES string of the molecule is CC(=O)Nc1ccc(Nc2ccnc(C(=O)Nc3ccc(F)cc3)c2)cc1. The molecule has 6 nitrogen and oxygen atoms in total. The maximum atomic E-state index is 12.9. The predicted molar refractivity (Wildman–Crippen MR) is 103 cm³/mol. The molecular formula is C20H17FN4O2.